The van der Waals surface area contributed by atoms with E-state index in [1.807, 2.05) is 0 Å². The van der Waals surface area contributed by atoms with E-state index >= 15 is 0 Å². The molecule has 1 fully saturated rings. The molecule has 1 aliphatic rings. The first-order chi connectivity index (χ1) is 6.78. The maximum atomic E-state index is 5.89. The van der Waals surface area contributed by atoms with Gasteiger partial charge >= 0.3 is 0 Å². The quantitative estimate of drug-likeness (QED) is 0.682. The van der Waals surface area contributed by atoms with E-state index in [1.54, 1.807) is 0 Å². The van der Waals surface area contributed by atoms with Crippen molar-refractivity contribution in [1.29, 1.82) is 0 Å². The first-order valence-corrected chi connectivity index (χ1v) is 4.26. The normalized spacial score (nSPS) is 18.4. The van der Waals surface area contributed by atoms with Gasteiger partial charge in [-0.3, -0.25) is 5.10 Å². The highest BCUT2D eigenvalue weighted by atomic mass is 16.4. The first kappa shape index (κ1) is 7.63. The first-order valence-electron chi connectivity index (χ1n) is 4.26. The largest absolute Gasteiger partial charge is 0.416 e. The van der Waals surface area contributed by atoms with Crippen molar-refractivity contribution in [3.8, 4) is 11.7 Å². The van der Waals surface area contributed by atoms with E-state index in [2.05, 4.69) is 25.4 Å². The molecule has 2 aromatic rings. The van der Waals surface area contributed by atoms with Gasteiger partial charge in [-0.1, -0.05) is 0 Å². The molecule has 3 rings (SSSR count). The molecule has 0 amide bonds. The highest BCUT2D eigenvalue weighted by Crippen LogP contribution is 2.42. The Kier molecular flexibility index (Phi) is 1.30. The summed E-state index contributed by atoms with van der Waals surface area (Å²) >= 11 is 0. The molecule has 0 unspecified atom stereocenters. The minimum absolute atomic E-state index is 0.328. The molecule has 72 valence electrons. The molecule has 14 heavy (non-hydrogen) atoms. The monoisotopic (exact) mass is 192 g/mol. The summed E-state index contributed by atoms with van der Waals surface area (Å²) in [5.74, 6) is 1.27. The molecule has 2 aromatic heterocycles. The van der Waals surface area contributed by atoms with Gasteiger partial charge in [0.25, 0.3) is 5.89 Å². The Balaban J connectivity index is 1.98. The van der Waals surface area contributed by atoms with E-state index in [-0.39, 0.29) is 0 Å². The predicted octanol–water partition coefficient (Wildman–Crippen LogP) is -0.198. The second-order valence-corrected chi connectivity index (χ2v) is 3.40. The van der Waals surface area contributed by atoms with Gasteiger partial charge in [-0.25, -0.2) is 4.98 Å². The van der Waals surface area contributed by atoms with E-state index in [1.165, 1.54) is 6.33 Å². The Labute approximate surface area is 78.7 Å². The van der Waals surface area contributed by atoms with Crippen molar-refractivity contribution in [1.82, 2.24) is 25.4 Å². The number of nitrogens with two attached hydrogens (primary N) is 1. The minimum Gasteiger partial charge on any atom is -0.416 e. The van der Waals surface area contributed by atoms with Crippen LogP contribution >= 0.6 is 0 Å². The fourth-order valence-electron chi connectivity index (χ4n) is 1.18. The summed E-state index contributed by atoms with van der Waals surface area (Å²) in [7, 11) is 0. The summed E-state index contributed by atoms with van der Waals surface area (Å²) in [5.41, 5.74) is 5.49. The lowest BCUT2D eigenvalue weighted by Crippen LogP contribution is -2.18. The van der Waals surface area contributed by atoms with Crippen molar-refractivity contribution >= 4 is 0 Å². The highest BCUT2D eigenvalue weighted by Gasteiger charge is 2.45. The van der Waals surface area contributed by atoms with Crippen LogP contribution in [0.4, 0.5) is 0 Å². The number of nitrogens with zero attached hydrogens (tertiary/aromatic N) is 4. The molecule has 3 N–H and O–H groups in total. The summed E-state index contributed by atoms with van der Waals surface area (Å²) in [5, 5.41) is 14.0. The summed E-state index contributed by atoms with van der Waals surface area (Å²) in [6.07, 6.45) is 3.17. The maximum Gasteiger partial charge on any atom is 0.285 e. The smallest absolute Gasteiger partial charge is 0.285 e. The number of H-pyrrole nitrogens is 1. The Hall–Kier alpha value is -1.76. The number of rotatable bonds is 2. The lowest BCUT2D eigenvalue weighted by Gasteiger charge is -1.98. The Morgan fingerprint density at radius 3 is 2.93 bits per heavy atom. The molecular formula is C7H8N6O. The van der Waals surface area contributed by atoms with Gasteiger partial charge < -0.3 is 10.2 Å². The lowest BCUT2D eigenvalue weighted by atomic mass is 10.3. The van der Waals surface area contributed by atoms with Gasteiger partial charge in [0, 0.05) is 0 Å². The van der Waals surface area contributed by atoms with Crippen LogP contribution in [0.3, 0.4) is 0 Å². The molecule has 0 bridgehead atoms. The van der Waals surface area contributed by atoms with Gasteiger partial charge in [0.15, 0.2) is 0 Å². The van der Waals surface area contributed by atoms with Gasteiger partial charge in [0.2, 0.25) is 11.7 Å². The van der Waals surface area contributed by atoms with E-state index in [0.717, 1.165) is 12.8 Å². The molecule has 0 atom stereocenters. The summed E-state index contributed by atoms with van der Waals surface area (Å²) in [4.78, 5) is 3.90. The molecular weight excluding hydrogens is 184 g/mol. The SMILES string of the molecule is NC1(c2nnc(-c3ncn[nH]3)o2)CC1. The molecule has 1 saturated carbocycles. The topological polar surface area (TPSA) is 107 Å². The van der Waals surface area contributed by atoms with Gasteiger partial charge in [-0.15, -0.1) is 10.2 Å². The van der Waals surface area contributed by atoms with Gasteiger partial charge in [0.05, 0.1) is 5.54 Å². The van der Waals surface area contributed by atoms with E-state index in [4.69, 9.17) is 10.2 Å². The number of nitrogens with one attached hydrogen (secondary N) is 1. The highest BCUT2D eigenvalue weighted by molar-refractivity contribution is 5.37. The van der Waals surface area contributed by atoms with Crippen molar-refractivity contribution in [3.63, 3.8) is 0 Å². The summed E-state index contributed by atoms with van der Waals surface area (Å²) in [6.45, 7) is 0. The number of aromatic nitrogens is 5. The van der Waals surface area contributed by atoms with Crippen molar-refractivity contribution < 1.29 is 4.42 Å². The Morgan fingerprint density at radius 2 is 2.29 bits per heavy atom. The number of aromatic amines is 1. The molecule has 0 radical (unpaired) electrons. The van der Waals surface area contributed by atoms with Crippen molar-refractivity contribution in [2.45, 2.75) is 18.4 Å². The summed E-state index contributed by atoms with van der Waals surface area (Å²) in [6, 6.07) is 0. The van der Waals surface area contributed by atoms with Crippen LogP contribution < -0.4 is 5.73 Å². The van der Waals surface area contributed by atoms with Crippen molar-refractivity contribution in [3.05, 3.63) is 12.2 Å². The molecule has 0 aromatic carbocycles. The molecule has 1 aliphatic carbocycles. The van der Waals surface area contributed by atoms with Gasteiger partial charge in [-0.2, -0.15) is 5.10 Å². The zero-order chi connectivity index (χ0) is 9.60. The van der Waals surface area contributed by atoms with Crippen LogP contribution in [0, 0.1) is 0 Å². The third kappa shape index (κ3) is 1.02. The average Bonchev–Trinajstić information content (AvgIpc) is 2.73. The third-order valence-corrected chi connectivity index (χ3v) is 2.26. The van der Waals surface area contributed by atoms with Crippen LogP contribution in [0.25, 0.3) is 11.7 Å². The van der Waals surface area contributed by atoms with Crippen LogP contribution in [-0.2, 0) is 5.54 Å². The van der Waals surface area contributed by atoms with Crippen LogP contribution in [0.1, 0.15) is 18.7 Å². The molecule has 7 heteroatoms. The van der Waals surface area contributed by atoms with Gasteiger partial charge in [-0.05, 0) is 12.8 Å². The van der Waals surface area contributed by atoms with E-state index < -0.39 is 5.54 Å². The minimum atomic E-state index is -0.398. The van der Waals surface area contributed by atoms with Crippen LogP contribution in [0.5, 0.6) is 0 Å². The van der Waals surface area contributed by atoms with Crippen LogP contribution in [0.2, 0.25) is 0 Å². The van der Waals surface area contributed by atoms with Gasteiger partial charge in [0.1, 0.15) is 6.33 Å². The zero-order valence-electron chi connectivity index (χ0n) is 7.27. The van der Waals surface area contributed by atoms with E-state index in [9.17, 15) is 0 Å². The average molecular weight is 192 g/mol. The second-order valence-electron chi connectivity index (χ2n) is 3.40. The number of hydrogen-bond donors (Lipinski definition) is 2. The standard InChI is InChI=1S/C7H8N6O/c8-7(1-2-7)6-13-12-5(14-6)4-9-3-10-11-4/h3H,1-2,8H2,(H,9,10,11). The molecule has 0 saturated heterocycles. The molecule has 0 aliphatic heterocycles. The lowest BCUT2D eigenvalue weighted by molar-refractivity contribution is 0.447. The Bertz CT molecular complexity index is 442. The number of hydrogen-bond acceptors (Lipinski definition) is 6. The van der Waals surface area contributed by atoms with Crippen molar-refractivity contribution in [2.24, 2.45) is 5.73 Å². The fraction of sp³-hybridized carbons (Fsp3) is 0.429. The molecule has 0 spiro atoms. The third-order valence-electron chi connectivity index (χ3n) is 2.26. The molecule has 2 heterocycles. The fourth-order valence-corrected chi connectivity index (χ4v) is 1.18. The van der Waals surface area contributed by atoms with Crippen LogP contribution in [-0.4, -0.2) is 25.4 Å². The summed E-state index contributed by atoms with van der Waals surface area (Å²) < 4.78 is 5.37. The maximum absolute atomic E-state index is 5.89. The van der Waals surface area contributed by atoms with E-state index in [0.29, 0.717) is 17.6 Å². The predicted molar refractivity (Wildman–Crippen MR) is 44.8 cm³/mol. The Morgan fingerprint density at radius 1 is 1.43 bits per heavy atom. The zero-order valence-corrected chi connectivity index (χ0v) is 7.27. The van der Waals surface area contributed by atoms with Crippen molar-refractivity contribution in [2.75, 3.05) is 0 Å². The second kappa shape index (κ2) is 2.38. The molecule has 7 nitrogen and oxygen atoms in total. The van der Waals surface area contributed by atoms with Crippen LogP contribution in [0.15, 0.2) is 10.7 Å².